The topological polar surface area (TPSA) is 96.9 Å². The molecule has 0 fully saturated rings. The zero-order chi connectivity index (χ0) is 15.5. The summed E-state index contributed by atoms with van der Waals surface area (Å²) in [5, 5.41) is 12.5. The first-order chi connectivity index (χ1) is 10.1. The van der Waals surface area contributed by atoms with E-state index in [0.29, 0.717) is 25.4 Å². The summed E-state index contributed by atoms with van der Waals surface area (Å²) >= 11 is 0. The first-order valence-corrected chi connectivity index (χ1v) is 6.69. The summed E-state index contributed by atoms with van der Waals surface area (Å²) in [6, 6.07) is 7.69. The van der Waals surface area contributed by atoms with Gasteiger partial charge in [0.05, 0.1) is 26.2 Å². The van der Waals surface area contributed by atoms with Gasteiger partial charge in [0.15, 0.2) is 5.84 Å². The van der Waals surface area contributed by atoms with Crippen molar-refractivity contribution in [3.63, 3.8) is 0 Å². The van der Waals surface area contributed by atoms with E-state index in [1.165, 1.54) is 0 Å². The molecular formula is C15H21N3O3. The molecule has 0 bridgehead atoms. The van der Waals surface area contributed by atoms with Crippen LogP contribution in [-0.4, -0.2) is 36.7 Å². The number of carbonyl (C=O) groups is 1. The van der Waals surface area contributed by atoms with Crippen LogP contribution in [0.4, 0.5) is 0 Å². The molecule has 0 aliphatic carbocycles. The van der Waals surface area contributed by atoms with Crippen molar-refractivity contribution in [2.45, 2.75) is 12.8 Å². The standard InChI is InChI=1S/C15H21N3O3/c1-2-8-17-18-15(16)13-5-3-4-12(11-13)6-9-21-10-7-14(19)20/h2-5,11,17H,1,6-10H2,(H2,16,18)(H,19,20). The van der Waals surface area contributed by atoms with Crippen LogP contribution in [-0.2, 0) is 16.0 Å². The summed E-state index contributed by atoms with van der Waals surface area (Å²) in [7, 11) is 0. The second kappa shape index (κ2) is 9.55. The van der Waals surface area contributed by atoms with Crippen molar-refractivity contribution in [3.8, 4) is 0 Å². The fraction of sp³-hybridized carbons (Fsp3) is 0.333. The van der Waals surface area contributed by atoms with Gasteiger partial charge in [0.25, 0.3) is 0 Å². The van der Waals surface area contributed by atoms with Gasteiger partial charge in [-0.1, -0.05) is 24.3 Å². The molecule has 0 unspecified atom stereocenters. The molecule has 0 saturated heterocycles. The van der Waals surface area contributed by atoms with Crippen molar-refractivity contribution >= 4 is 11.8 Å². The Kier molecular flexibility index (Phi) is 7.60. The van der Waals surface area contributed by atoms with Crippen LogP contribution in [0.2, 0.25) is 0 Å². The summed E-state index contributed by atoms with van der Waals surface area (Å²) in [6.45, 7) is 4.84. The van der Waals surface area contributed by atoms with Crippen LogP contribution >= 0.6 is 0 Å². The van der Waals surface area contributed by atoms with E-state index in [0.717, 1.165) is 11.1 Å². The Morgan fingerprint density at radius 3 is 3.00 bits per heavy atom. The quantitative estimate of drug-likeness (QED) is 0.197. The smallest absolute Gasteiger partial charge is 0.305 e. The van der Waals surface area contributed by atoms with E-state index in [1.54, 1.807) is 6.08 Å². The largest absolute Gasteiger partial charge is 0.481 e. The maximum Gasteiger partial charge on any atom is 0.305 e. The third kappa shape index (κ3) is 7.12. The molecule has 1 aromatic rings. The third-order valence-corrected chi connectivity index (χ3v) is 2.65. The lowest BCUT2D eigenvalue weighted by Crippen LogP contribution is -2.19. The van der Waals surface area contributed by atoms with Crippen molar-refractivity contribution < 1.29 is 14.6 Å². The van der Waals surface area contributed by atoms with Gasteiger partial charge < -0.3 is 21.0 Å². The van der Waals surface area contributed by atoms with Crippen LogP contribution in [0.5, 0.6) is 0 Å². The highest BCUT2D eigenvalue weighted by molar-refractivity contribution is 5.97. The van der Waals surface area contributed by atoms with Gasteiger partial charge in [-0.15, -0.1) is 6.58 Å². The normalized spacial score (nSPS) is 11.1. The monoisotopic (exact) mass is 291 g/mol. The van der Waals surface area contributed by atoms with Crippen LogP contribution < -0.4 is 11.2 Å². The van der Waals surface area contributed by atoms with Gasteiger partial charge in [0, 0.05) is 5.56 Å². The highest BCUT2D eigenvalue weighted by Gasteiger charge is 2.01. The van der Waals surface area contributed by atoms with Crippen molar-refractivity contribution in [3.05, 3.63) is 48.0 Å². The highest BCUT2D eigenvalue weighted by Crippen LogP contribution is 2.06. The number of ether oxygens (including phenoxy) is 1. The first kappa shape index (κ1) is 16.7. The minimum absolute atomic E-state index is 0.0224. The fourth-order valence-corrected chi connectivity index (χ4v) is 1.60. The van der Waals surface area contributed by atoms with E-state index in [2.05, 4.69) is 17.1 Å². The second-order valence-corrected chi connectivity index (χ2v) is 4.35. The molecule has 1 aromatic carbocycles. The van der Waals surface area contributed by atoms with Crippen LogP contribution in [0.1, 0.15) is 17.5 Å². The molecule has 0 saturated carbocycles. The number of benzene rings is 1. The van der Waals surface area contributed by atoms with E-state index in [9.17, 15) is 4.79 Å². The number of nitrogens with one attached hydrogen (secondary N) is 1. The molecule has 0 aromatic heterocycles. The Labute approximate surface area is 124 Å². The lowest BCUT2D eigenvalue weighted by atomic mass is 10.1. The van der Waals surface area contributed by atoms with Gasteiger partial charge in [-0.05, 0) is 18.1 Å². The number of nitrogens with zero attached hydrogens (tertiary/aromatic N) is 1. The van der Waals surface area contributed by atoms with Crippen molar-refractivity contribution in [2.24, 2.45) is 10.8 Å². The number of hydrogen-bond acceptors (Lipinski definition) is 4. The molecule has 21 heavy (non-hydrogen) atoms. The van der Waals surface area contributed by atoms with Gasteiger partial charge in [-0.2, -0.15) is 5.10 Å². The van der Waals surface area contributed by atoms with Gasteiger partial charge in [0.1, 0.15) is 0 Å². The Morgan fingerprint density at radius 1 is 1.48 bits per heavy atom. The van der Waals surface area contributed by atoms with Crippen LogP contribution in [0.3, 0.4) is 0 Å². The van der Waals surface area contributed by atoms with Crippen molar-refractivity contribution in [1.82, 2.24) is 5.43 Å². The van der Waals surface area contributed by atoms with E-state index in [4.69, 9.17) is 15.6 Å². The zero-order valence-corrected chi connectivity index (χ0v) is 11.9. The van der Waals surface area contributed by atoms with E-state index in [1.807, 2.05) is 24.3 Å². The summed E-state index contributed by atoms with van der Waals surface area (Å²) in [4.78, 5) is 10.3. The first-order valence-electron chi connectivity index (χ1n) is 6.69. The molecule has 0 radical (unpaired) electrons. The Hall–Kier alpha value is -2.34. The molecule has 0 amide bonds. The number of carboxylic acid groups (broad SMARTS) is 1. The number of hydrogen-bond donors (Lipinski definition) is 3. The minimum atomic E-state index is -0.854. The number of hydrazone groups is 1. The SMILES string of the molecule is C=CCN/N=C(\N)c1cccc(CCOCCC(=O)O)c1. The predicted octanol–water partition coefficient (Wildman–Crippen LogP) is 1.12. The Balaban J connectivity index is 2.46. The summed E-state index contributed by atoms with van der Waals surface area (Å²) in [5.74, 6) is -0.446. The Bertz CT molecular complexity index is 501. The summed E-state index contributed by atoms with van der Waals surface area (Å²) < 4.78 is 5.26. The summed E-state index contributed by atoms with van der Waals surface area (Å²) in [5.41, 5.74) is 10.5. The lowest BCUT2D eigenvalue weighted by Gasteiger charge is -2.06. The van der Waals surface area contributed by atoms with Crippen LogP contribution in [0, 0.1) is 0 Å². The van der Waals surface area contributed by atoms with E-state index in [-0.39, 0.29) is 13.0 Å². The number of aliphatic carboxylic acids is 1. The molecule has 0 heterocycles. The third-order valence-electron chi connectivity index (χ3n) is 2.65. The predicted molar refractivity (Wildman–Crippen MR) is 82.1 cm³/mol. The summed E-state index contributed by atoms with van der Waals surface area (Å²) in [6.07, 6.45) is 2.41. The molecule has 6 heteroatoms. The van der Waals surface area contributed by atoms with Crippen molar-refractivity contribution in [2.75, 3.05) is 19.8 Å². The zero-order valence-electron chi connectivity index (χ0n) is 11.9. The Morgan fingerprint density at radius 2 is 2.29 bits per heavy atom. The van der Waals surface area contributed by atoms with Gasteiger partial charge >= 0.3 is 5.97 Å². The van der Waals surface area contributed by atoms with Crippen LogP contribution in [0.15, 0.2) is 42.0 Å². The number of nitrogens with two attached hydrogens (primary N) is 1. The molecule has 6 nitrogen and oxygen atoms in total. The highest BCUT2D eigenvalue weighted by atomic mass is 16.5. The fourth-order valence-electron chi connectivity index (χ4n) is 1.60. The molecule has 0 aliphatic heterocycles. The van der Waals surface area contributed by atoms with Gasteiger partial charge in [-0.3, -0.25) is 4.79 Å². The number of rotatable bonds is 10. The van der Waals surface area contributed by atoms with Crippen molar-refractivity contribution in [1.29, 1.82) is 0 Å². The second-order valence-electron chi connectivity index (χ2n) is 4.35. The lowest BCUT2D eigenvalue weighted by molar-refractivity contribution is -0.138. The molecule has 114 valence electrons. The number of amidine groups is 1. The molecule has 0 atom stereocenters. The molecule has 0 aliphatic rings. The molecular weight excluding hydrogens is 270 g/mol. The van der Waals surface area contributed by atoms with Gasteiger partial charge in [-0.25, -0.2) is 0 Å². The molecule has 4 N–H and O–H groups in total. The van der Waals surface area contributed by atoms with Gasteiger partial charge in [0.2, 0.25) is 0 Å². The van der Waals surface area contributed by atoms with Crippen LogP contribution in [0.25, 0.3) is 0 Å². The number of carboxylic acids is 1. The molecule has 0 spiro atoms. The van der Waals surface area contributed by atoms with E-state index >= 15 is 0 Å². The average molecular weight is 291 g/mol. The molecule has 1 rings (SSSR count). The minimum Gasteiger partial charge on any atom is -0.481 e. The van der Waals surface area contributed by atoms with E-state index < -0.39 is 5.97 Å². The average Bonchev–Trinajstić information content (AvgIpc) is 2.47. The maximum atomic E-state index is 10.3. The maximum absolute atomic E-state index is 10.3.